The number of aryl methyl sites for hydroxylation is 1. The number of halogens is 1. The Balaban J connectivity index is 1.95. The number of nitrogens with one attached hydrogen (secondary N) is 1. The topological polar surface area (TPSA) is 49.4 Å². The average Bonchev–Trinajstić information content (AvgIpc) is 2.97. The molecule has 0 radical (unpaired) electrons. The normalized spacial score (nSPS) is 25.3. The molecule has 2 heterocycles. The lowest BCUT2D eigenvalue weighted by atomic mass is 10.0. The molecule has 4 rings (SSSR count). The van der Waals surface area contributed by atoms with E-state index in [0.717, 1.165) is 11.1 Å². The van der Waals surface area contributed by atoms with Crippen molar-refractivity contribution in [2.24, 2.45) is 0 Å². The Labute approximate surface area is 149 Å². The molecule has 2 aliphatic rings. The summed E-state index contributed by atoms with van der Waals surface area (Å²) in [4.78, 5) is 26.3. The van der Waals surface area contributed by atoms with Gasteiger partial charge in [0.1, 0.15) is 0 Å². The summed E-state index contributed by atoms with van der Waals surface area (Å²) in [5, 5.41) is 3.12. The van der Waals surface area contributed by atoms with E-state index in [1.165, 1.54) is 11.8 Å². The summed E-state index contributed by atoms with van der Waals surface area (Å²) in [7, 11) is 0. The van der Waals surface area contributed by atoms with Crippen LogP contribution >= 0.6 is 23.4 Å². The maximum atomic E-state index is 12.9. The number of thioether (sulfide) groups is 1. The lowest BCUT2D eigenvalue weighted by molar-refractivity contribution is -0.122. The van der Waals surface area contributed by atoms with Crippen LogP contribution in [0.15, 0.2) is 42.5 Å². The van der Waals surface area contributed by atoms with Crippen molar-refractivity contribution in [2.45, 2.75) is 24.0 Å². The monoisotopic (exact) mass is 358 g/mol. The minimum absolute atomic E-state index is 0.0770. The van der Waals surface area contributed by atoms with Crippen LogP contribution in [-0.4, -0.2) is 17.1 Å². The molecule has 2 aliphatic heterocycles. The number of fused-ring (bicyclic) bond motifs is 2. The average molecular weight is 359 g/mol. The van der Waals surface area contributed by atoms with Crippen LogP contribution in [0.3, 0.4) is 0 Å². The van der Waals surface area contributed by atoms with Gasteiger partial charge in [-0.25, -0.2) is 0 Å². The van der Waals surface area contributed by atoms with Gasteiger partial charge in [0.05, 0.1) is 5.25 Å². The molecule has 2 aromatic rings. The van der Waals surface area contributed by atoms with Crippen LogP contribution in [0.5, 0.6) is 0 Å². The van der Waals surface area contributed by atoms with Gasteiger partial charge in [-0.2, -0.15) is 0 Å². The molecule has 0 unspecified atom stereocenters. The Kier molecular flexibility index (Phi) is 3.41. The first-order chi connectivity index (χ1) is 11.4. The first-order valence-electron chi connectivity index (χ1n) is 7.63. The van der Waals surface area contributed by atoms with Gasteiger partial charge in [0, 0.05) is 22.0 Å². The minimum atomic E-state index is -1.11. The number of rotatable bonds is 1. The number of carbonyl (C=O) groups is 2. The quantitative estimate of drug-likeness (QED) is 0.840. The number of amides is 2. The molecule has 1 N–H and O–H groups in total. The van der Waals surface area contributed by atoms with Crippen LogP contribution < -0.4 is 10.2 Å². The second kappa shape index (κ2) is 5.26. The summed E-state index contributed by atoms with van der Waals surface area (Å²) in [5.74, 6) is -0.283. The second-order valence-corrected chi connectivity index (χ2v) is 8.03. The SMILES string of the molecule is Cc1ccc(N2C(=O)[C@@H](C)S[C@]23C(=O)Nc2ccc(Cl)cc23)cc1. The molecule has 0 aromatic heterocycles. The van der Waals surface area contributed by atoms with Crippen molar-refractivity contribution < 1.29 is 9.59 Å². The van der Waals surface area contributed by atoms with Crippen LogP contribution in [0.2, 0.25) is 5.02 Å². The van der Waals surface area contributed by atoms with Crippen molar-refractivity contribution in [3.63, 3.8) is 0 Å². The highest BCUT2D eigenvalue weighted by molar-refractivity contribution is 8.03. The fraction of sp³-hybridized carbons (Fsp3) is 0.222. The predicted molar refractivity (Wildman–Crippen MR) is 97.5 cm³/mol. The van der Waals surface area contributed by atoms with Gasteiger partial charge >= 0.3 is 0 Å². The zero-order valence-electron chi connectivity index (χ0n) is 13.2. The van der Waals surface area contributed by atoms with Gasteiger partial charge in [0.25, 0.3) is 5.91 Å². The molecular weight excluding hydrogens is 344 g/mol. The zero-order chi connectivity index (χ0) is 17.1. The van der Waals surface area contributed by atoms with Gasteiger partial charge in [-0.1, -0.05) is 29.3 Å². The Hall–Kier alpha value is -1.98. The smallest absolute Gasteiger partial charge is 0.266 e. The summed E-state index contributed by atoms with van der Waals surface area (Å²) in [6.45, 7) is 3.82. The molecule has 4 nitrogen and oxygen atoms in total. The van der Waals surface area contributed by atoms with E-state index in [9.17, 15) is 9.59 Å². The van der Waals surface area contributed by atoms with E-state index in [2.05, 4.69) is 5.32 Å². The van der Waals surface area contributed by atoms with E-state index in [-0.39, 0.29) is 17.1 Å². The molecule has 122 valence electrons. The van der Waals surface area contributed by atoms with Crippen molar-refractivity contribution in [2.75, 3.05) is 10.2 Å². The number of hydrogen-bond acceptors (Lipinski definition) is 3. The maximum absolute atomic E-state index is 12.9. The summed E-state index contributed by atoms with van der Waals surface area (Å²) in [6, 6.07) is 12.9. The van der Waals surface area contributed by atoms with E-state index in [4.69, 9.17) is 11.6 Å². The zero-order valence-corrected chi connectivity index (χ0v) is 14.7. The molecule has 2 aromatic carbocycles. The lowest BCUT2D eigenvalue weighted by Gasteiger charge is -2.32. The molecule has 0 saturated carbocycles. The molecule has 1 saturated heterocycles. The largest absolute Gasteiger partial charge is 0.323 e. The van der Waals surface area contributed by atoms with Crippen LogP contribution in [0.4, 0.5) is 11.4 Å². The fourth-order valence-corrected chi connectivity index (χ4v) is 4.92. The van der Waals surface area contributed by atoms with Crippen LogP contribution in [-0.2, 0) is 14.5 Å². The van der Waals surface area contributed by atoms with Gasteiger partial charge in [0.15, 0.2) is 0 Å². The second-order valence-electron chi connectivity index (χ2n) is 6.06. The molecule has 24 heavy (non-hydrogen) atoms. The molecule has 0 aliphatic carbocycles. The number of carbonyl (C=O) groups excluding carboxylic acids is 2. The number of benzene rings is 2. The van der Waals surface area contributed by atoms with Gasteiger partial charge in [0.2, 0.25) is 10.8 Å². The predicted octanol–water partition coefficient (Wildman–Crippen LogP) is 3.92. The van der Waals surface area contributed by atoms with Gasteiger partial charge in [-0.3, -0.25) is 14.5 Å². The van der Waals surface area contributed by atoms with Crippen LogP contribution in [0.25, 0.3) is 0 Å². The Bertz CT molecular complexity index is 868. The van der Waals surface area contributed by atoms with Crippen LogP contribution in [0, 0.1) is 6.92 Å². The van der Waals surface area contributed by atoms with Gasteiger partial charge < -0.3 is 5.32 Å². The molecule has 1 spiro atoms. The van der Waals surface area contributed by atoms with E-state index in [1.807, 2.05) is 38.1 Å². The molecule has 0 bridgehead atoms. The summed E-state index contributed by atoms with van der Waals surface area (Å²) in [5.41, 5.74) is 3.25. The summed E-state index contributed by atoms with van der Waals surface area (Å²) >= 11 is 7.52. The summed E-state index contributed by atoms with van der Waals surface area (Å²) in [6.07, 6.45) is 0. The third-order valence-corrected chi connectivity index (χ3v) is 6.14. The van der Waals surface area contributed by atoms with Crippen molar-refractivity contribution in [1.82, 2.24) is 0 Å². The van der Waals surface area contributed by atoms with Gasteiger partial charge in [-0.05, 0) is 44.2 Å². The highest BCUT2D eigenvalue weighted by Crippen LogP contribution is 2.56. The summed E-state index contributed by atoms with van der Waals surface area (Å²) < 4.78 is 0. The first kappa shape index (κ1) is 15.5. The van der Waals surface area contributed by atoms with Crippen molar-refractivity contribution in [1.29, 1.82) is 0 Å². The Morgan fingerprint density at radius 1 is 1.17 bits per heavy atom. The highest BCUT2D eigenvalue weighted by Gasteiger charge is 2.60. The fourth-order valence-electron chi connectivity index (χ4n) is 3.27. The van der Waals surface area contributed by atoms with Crippen molar-refractivity contribution >= 4 is 46.6 Å². The first-order valence-corrected chi connectivity index (χ1v) is 8.89. The van der Waals surface area contributed by atoms with E-state index < -0.39 is 4.87 Å². The molecular formula is C18H15ClN2O2S. The molecule has 6 heteroatoms. The number of nitrogens with zero attached hydrogens (tertiary/aromatic N) is 1. The minimum Gasteiger partial charge on any atom is -0.323 e. The molecule has 2 atom stereocenters. The van der Waals surface area contributed by atoms with E-state index in [0.29, 0.717) is 16.4 Å². The number of anilines is 2. The van der Waals surface area contributed by atoms with Gasteiger partial charge in [-0.15, -0.1) is 11.8 Å². The molecule has 1 fully saturated rings. The maximum Gasteiger partial charge on any atom is 0.266 e. The molecule has 2 amide bonds. The number of hydrogen-bond donors (Lipinski definition) is 1. The van der Waals surface area contributed by atoms with Crippen molar-refractivity contribution in [3.8, 4) is 0 Å². The lowest BCUT2D eigenvalue weighted by Crippen LogP contribution is -2.47. The standard InChI is InChI=1S/C18H15ClN2O2S/c1-10-3-6-13(7-4-10)21-16(22)11(2)24-18(21)14-9-12(19)5-8-15(14)20-17(18)23/h3-9,11H,1-2H3,(H,20,23)/t11-,18-/m1/s1. The van der Waals surface area contributed by atoms with Crippen LogP contribution in [0.1, 0.15) is 18.1 Å². The third-order valence-electron chi connectivity index (χ3n) is 4.43. The highest BCUT2D eigenvalue weighted by atomic mass is 35.5. The van der Waals surface area contributed by atoms with Crippen molar-refractivity contribution in [3.05, 3.63) is 58.6 Å². The Morgan fingerprint density at radius 2 is 1.88 bits per heavy atom. The van der Waals surface area contributed by atoms with E-state index >= 15 is 0 Å². The Morgan fingerprint density at radius 3 is 2.58 bits per heavy atom. The van der Waals surface area contributed by atoms with E-state index in [1.54, 1.807) is 23.1 Å². The third kappa shape index (κ3) is 2.01.